The molecule has 124 valence electrons. The van der Waals surface area contributed by atoms with Crippen molar-refractivity contribution in [1.29, 1.82) is 0 Å². The van der Waals surface area contributed by atoms with Gasteiger partial charge in [-0.1, -0.05) is 36.4 Å². The van der Waals surface area contributed by atoms with Crippen LogP contribution in [-0.4, -0.2) is 9.55 Å². The van der Waals surface area contributed by atoms with E-state index in [-0.39, 0.29) is 11.4 Å². The average molecular weight is 350 g/mol. The lowest BCUT2D eigenvalue weighted by molar-refractivity contribution is 0.628. The van der Waals surface area contributed by atoms with Crippen LogP contribution in [0.5, 0.6) is 0 Å². The lowest BCUT2D eigenvalue weighted by Gasteiger charge is -2.08. The molecule has 2 aromatic carbocycles. The van der Waals surface area contributed by atoms with E-state index in [2.05, 4.69) is 4.98 Å². The van der Waals surface area contributed by atoms with Crippen molar-refractivity contribution in [3.05, 3.63) is 87.5 Å². The van der Waals surface area contributed by atoms with Crippen molar-refractivity contribution in [2.45, 2.75) is 13.5 Å². The monoisotopic (exact) mass is 350 g/mol. The second-order valence-electron chi connectivity index (χ2n) is 5.94. The van der Waals surface area contributed by atoms with Crippen molar-refractivity contribution in [2.75, 3.05) is 0 Å². The molecule has 0 fully saturated rings. The Hall–Kier alpha value is -2.79. The van der Waals surface area contributed by atoms with Gasteiger partial charge in [-0.2, -0.15) is 0 Å². The highest BCUT2D eigenvalue weighted by atomic mass is 32.1. The molecule has 0 radical (unpaired) electrons. The van der Waals surface area contributed by atoms with E-state index < -0.39 is 0 Å². The average Bonchev–Trinajstić information content (AvgIpc) is 3.05. The predicted molar refractivity (Wildman–Crippen MR) is 99.6 cm³/mol. The van der Waals surface area contributed by atoms with Gasteiger partial charge in [0.1, 0.15) is 10.6 Å². The van der Waals surface area contributed by atoms with Gasteiger partial charge >= 0.3 is 0 Å². The smallest absolute Gasteiger partial charge is 0.263 e. The minimum absolute atomic E-state index is 0.0752. The number of nitrogens with zero attached hydrogens (tertiary/aromatic N) is 2. The van der Waals surface area contributed by atoms with E-state index in [1.54, 1.807) is 23.0 Å². The normalized spacial score (nSPS) is 11.1. The van der Waals surface area contributed by atoms with Crippen LogP contribution in [0.25, 0.3) is 21.3 Å². The van der Waals surface area contributed by atoms with Gasteiger partial charge in [-0.05, 0) is 35.7 Å². The Labute approximate surface area is 148 Å². The first-order valence-electron chi connectivity index (χ1n) is 7.90. The largest absolute Gasteiger partial charge is 0.294 e. The topological polar surface area (TPSA) is 34.9 Å². The van der Waals surface area contributed by atoms with Crippen molar-refractivity contribution in [3.8, 4) is 11.1 Å². The standard InChI is InChI=1S/C20H15FN2OS/c1-13-4-2-3-5-15(13)10-23-12-22-19-18(20(23)24)17(11-25-19)14-6-8-16(21)9-7-14/h2-9,11-12H,10H2,1H3. The molecular weight excluding hydrogens is 335 g/mol. The highest BCUT2D eigenvalue weighted by Crippen LogP contribution is 2.30. The predicted octanol–water partition coefficient (Wildman–Crippen LogP) is 4.62. The third-order valence-corrected chi connectivity index (χ3v) is 5.20. The fourth-order valence-corrected chi connectivity index (χ4v) is 3.80. The summed E-state index contributed by atoms with van der Waals surface area (Å²) in [6.07, 6.45) is 1.60. The molecule has 0 N–H and O–H groups in total. The SMILES string of the molecule is Cc1ccccc1Cn1cnc2scc(-c3ccc(F)cc3)c2c1=O. The molecule has 0 amide bonds. The first-order chi connectivity index (χ1) is 12.1. The molecule has 0 saturated heterocycles. The number of fused-ring (bicyclic) bond motifs is 1. The second kappa shape index (κ2) is 6.26. The minimum Gasteiger partial charge on any atom is -0.294 e. The zero-order chi connectivity index (χ0) is 17.4. The maximum atomic E-state index is 13.2. The van der Waals surface area contributed by atoms with E-state index >= 15 is 0 Å². The van der Waals surface area contributed by atoms with Crippen LogP contribution in [0.15, 0.2) is 65.0 Å². The van der Waals surface area contributed by atoms with Crippen LogP contribution in [0.1, 0.15) is 11.1 Å². The fourth-order valence-electron chi connectivity index (χ4n) is 2.89. The van der Waals surface area contributed by atoms with E-state index in [9.17, 15) is 9.18 Å². The van der Waals surface area contributed by atoms with Gasteiger partial charge in [-0.3, -0.25) is 9.36 Å². The summed E-state index contributed by atoms with van der Waals surface area (Å²) in [5, 5.41) is 2.50. The van der Waals surface area contributed by atoms with Gasteiger partial charge in [0.2, 0.25) is 0 Å². The zero-order valence-electron chi connectivity index (χ0n) is 13.6. The van der Waals surface area contributed by atoms with E-state index in [1.165, 1.54) is 23.5 Å². The number of aromatic nitrogens is 2. The molecule has 3 nitrogen and oxygen atoms in total. The number of benzene rings is 2. The van der Waals surface area contributed by atoms with Crippen LogP contribution in [-0.2, 0) is 6.54 Å². The fraction of sp³-hybridized carbons (Fsp3) is 0.100. The Morgan fingerprint density at radius 2 is 1.88 bits per heavy atom. The molecule has 0 aliphatic carbocycles. The van der Waals surface area contributed by atoms with Crippen molar-refractivity contribution in [3.63, 3.8) is 0 Å². The lowest BCUT2D eigenvalue weighted by Crippen LogP contribution is -2.21. The molecule has 0 bridgehead atoms. The first-order valence-corrected chi connectivity index (χ1v) is 8.78. The Morgan fingerprint density at radius 3 is 2.64 bits per heavy atom. The van der Waals surface area contributed by atoms with Gasteiger partial charge < -0.3 is 0 Å². The van der Waals surface area contributed by atoms with Crippen LogP contribution < -0.4 is 5.56 Å². The van der Waals surface area contributed by atoms with Crippen LogP contribution in [0.4, 0.5) is 4.39 Å². The minimum atomic E-state index is -0.293. The highest BCUT2D eigenvalue weighted by Gasteiger charge is 2.14. The zero-order valence-corrected chi connectivity index (χ0v) is 14.4. The third-order valence-electron chi connectivity index (χ3n) is 4.32. The number of rotatable bonds is 3. The van der Waals surface area contributed by atoms with Crippen LogP contribution in [0.2, 0.25) is 0 Å². The maximum absolute atomic E-state index is 13.2. The Balaban J connectivity index is 1.85. The summed E-state index contributed by atoms with van der Waals surface area (Å²) in [5.41, 5.74) is 3.77. The van der Waals surface area contributed by atoms with Crippen molar-refractivity contribution < 1.29 is 4.39 Å². The molecule has 5 heteroatoms. The van der Waals surface area contributed by atoms with E-state index in [4.69, 9.17) is 0 Å². The molecule has 25 heavy (non-hydrogen) atoms. The van der Waals surface area contributed by atoms with Crippen LogP contribution >= 0.6 is 11.3 Å². The summed E-state index contributed by atoms with van der Waals surface area (Å²) in [4.78, 5) is 18.2. The van der Waals surface area contributed by atoms with Gasteiger partial charge in [0, 0.05) is 10.9 Å². The van der Waals surface area contributed by atoms with Crippen molar-refractivity contribution in [2.24, 2.45) is 0 Å². The number of hydrogen-bond donors (Lipinski definition) is 0. The Kier molecular flexibility index (Phi) is 3.93. The summed E-state index contributed by atoms with van der Waals surface area (Å²) in [6.45, 7) is 2.51. The molecule has 0 aliphatic rings. The van der Waals surface area contributed by atoms with Gasteiger partial charge in [0.05, 0.1) is 18.3 Å². The number of aryl methyl sites for hydroxylation is 1. The molecule has 0 atom stereocenters. The van der Waals surface area contributed by atoms with Crippen LogP contribution in [0.3, 0.4) is 0 Å². The van der Waals surface area contributed by atoms with E-state index in [0.717, 1.165) is 22.3 Å². The van der Waals surface area contributed by atoms with Gasteiger partial charge in [-0.15, -0.1) is 11.3 Å². The van der Waals surface area contributed by atoms with Gasteiger partial charge in [0.25, 0.3) is 5.56 Å². The molecule has 0 spiro atoms. The molecular formula is C20H15FN2OS. The molecule has 2 heterocycles. The number of halogens is 1. The molecule has 4 aromatic rings. The van der Waals surface area contributed by atoms with Crippen molar-refractivity contribution >= 4 is 21.6 Å². The number of thiophene rings is 1. The van der Waals surface area contributed by atoms with E-state index in [1.807, 2.05) is 36.6 Å². The number of hydrogen-bond acceptors (Lipinski definition) is 3. The summed E-state index contributed by atoms with van der Waals surface area (Å²) in [5.74, 6) is -0.293. The first kappa shape index (κ1) is 15.7. The van der Waals surface area contributed by atoms with Crippen LogP contribution in [0, 0.1) is 12.7 Å². The quantitative estimate of drug-likeness (QED) is 0.540. The Morgan fingerprint density at radius 1 is 1.12 bits per heavy atom. The second-order valence-corrected chi connectivity index (χ2v) is 6.80. The van der Waals surface area contributed by atoms with Gasteiger partial charge in [-0.25, -0.2) is 9.37 Å². The highest BCUT2D eigenvalue weighted by molar-refractivity contribution is 7.17. The molecule has 0 unspecified atom stereocenters. The Bertz CT molecular complexity index is 1110. The van der Waals surface area contributed by atoms with Gasteiger partial charge in [0.15, 0.2) is 0 Å². The summed E-state index contributed by atoms with van der Waals surface area (Å²) >= 11 is 1.43. The molecule has 2 aromatic heterocycles. The van der Waals surface area contributed by atoms with E-state index in [0.29, 0.717) is 16.8 Å². The molecule has 0 aliphatic heterocycles. The molecule has 0 saturated carbocycles. The maximum Gasteiger partial charge on any atom is 0.263 e. The summed E-state index contributed by atoms with van der Waals surface area (Å²) < 4.78 is 14.8. The molecule has 4 rings (SSSR count). The third kappa shape index (κ3) is 2.87. The van der Waals surface area contributed by atoms with Crippen molar-refractivity contribution in [1.82, 2.24) is 9.55 Å². The summed E-state index contributed by atoms with van der Waals surface area (Å²) in [6, 6.07) is 14.2. The summed E-state index contributed by atoms with van der Waals surface area (Å²) in [7, 11) is 0. The lowest BCUT2D eigenvalue weighted by atomic mass is 10.1.